The number of halogens is 2. The van der Waals surface area contributed by atoms with E-state index in [2.05, 4.69) is 21.2 Å². The van der Waals surface area contributed by atoms with Gasteiger partial charge < -0.3 is 20.5 Å². The highest BCUT2D eigenvalue weighted by molar-refractivity contribution is 9.10. The predicted molar refractivity (Wildman–Crippen MR) is 104 cm³/mol. The number of nitrogens with two attached hydrogens (primary N) is 1. The molecule has 1 amide bonds. The van der Waals surface area contributed by atoms with Crippen molar-refractivity contribution in [1.29, 1.82) is 0 Å². The molecule has 2 aromatic rings. The van der Waals surface area contributed by atoms with Gasteiger partial charge in [0.2, 0.25) is 0 Å². The minimum atomic E-state index is -0.205. The van der Waals surface area contributed by atoms with Gasteiger partial charge in [0, 0.05) is 15.7 Å². The molecule has 0 bridgehead atoms. The minimum Gasteiger partial charge on any atom is -0.486 e. The summed E-state index contributed by atoms with van der Waals surface area (Å²) in [4.78, 5) is 12.6. The lowest BCUT2D eigenvalue weighted by molar-refractivity contribution is 0.0939. The van der Waals surface area contributed by atoms with E-state index in [4.69, 9.17) is 15.2 Å². The second kappa shape index (κ2) is 7.97. The first-order valence-corrected chi connectivity index (χ1v) is 8.51. The largest absolute Gasteiger partial charge is 0.486 e. The number of benzene rings is 2. The van der Waals surface area contributed by atoms with Crippen LogP contribution in [0.2, 0.25) is 0 Å². The molecule has 0 aliphatic carbocycles. The number of hydrogen-bond donors (Lipinski definition) is 2. The smallest absolute Gasteiger partial charge is 0.252 e. The number of amides is 1. The molecular weight excluding hydrogens is 408 g/mol. The van der Waals surface area contributed by atoms with E-state index in [0.29, 0.717) is 36.0 Å². The lowest BCUT2D eigenvalue weighted by Crippen LogP contribution is -2.28. The molecule has 5 nitrogen and oxygen atoms in total. The van der Waals surface area contributed by atoms with Gasteiger partial charge in [-0.15, -0.1) is 12.4 Å². The molecule has 7 heteroatoms. The molecule has 1 aliphatic heterocycles. The number of hydrogen-bond acceptors (Lipinski definition) is 4. The van der Waals surface area contributed by atoms with Crippen molar-refractivity contribution in [3.05, 3.63) is 51.5 Å². The maximum atomic E-state index is 12.6. The Bertz CT molecular complexity index is 798. The molecule has 0 saturated carbocycles. The third-order valence-electron chi connectivity index (χ3n) is 3.98. The van der Waals surface area contributed by atoms with Gasteiger partial charge in [-0.25, -0.2) is 0 Å². The number of ether oxygens (including phenoxy) is 2. The second-order valence-corrected chi connectivity index (χ2v) is 6.64. The van der Waals surface area contributed by atoms with Gasteiger partial charge in [0.05, 0.1) is 6.04 Å². The van der Waals surface area contributed by atoms with E-state index in [-0.39, 0.29) is 24.4 Å². The first kappa shape index (κ1) is 19.4. The van der Waals surface area contributed by atoms with Crippen LogP contribution in [0.1, 0.15) is 34.5 Å². The minimum absolute atomic E-state index is 0. The highest BCUT2D eigenvalue weighted by Crippen LogP contribution is 2.37. The van der Waals surface area contributed by atoms with Gasteiger partial charge >= 0.3 is 0 Å². The molecule has 0 spiro atoms. The average Bonchev–Trinajstić information content (AvgIpc) is 2.56. The predicted octanol–water partition coefficient (Wildman–Crippen LogP) is 4.02. The van der Waals surface area contributed by atoms with Gasteiger partial charge in [-0.2, -0.15) is 0 Å². The highest BCUT2D eigenvalue weighted by atomic mass is 79.9. The van der Waals surface area contributed by atoms with Crippen LogP contribution in [0.5, 0.6) is 11.5 Å². The van der Waals surface area contributed by atoms with Crippen LogP contribution in [0.3, 0.4) is 0 Å². The van der Waals surface area contributed by atoms with Crippen LogP contribution in [0.4, 0.5) is 5.69 Å². The monoisotopic (exact) mass is 426 g/mol. The summed E-state index contributed by atoms with van der Waals surface area (Å²) in [6.45, 7) is 4.88. The number of rotatable bonds is 3. The molecule has 134 valence electrons. The number of carbonyl (C=O) groups excluding carboxylic acids is 1. The summed E-state index contributed by atoms with van der Waals surface area (Å²) in [5.41, 5.74) is 8.75. The zero-order valence-corrected chi connectivity index (χ0v) is 16.4. The third kappa shape index (κ3) is 4.19. The quantitative estimate of drug-likeness (QED) is 0.726. The Hall–Kier alpha value is -1.92. The summed E-state index contributed by atoms with van der Waals surface area (Å²) < 4.78 is 12.0. The van der Waals surface area contributed by atoms with Crippen molar-refractivity contribution in [2.75, 3.05) is 18.9 Å². The number of fused-ring (bicyclic) bond motifs is 1. The molecule has 1 aliphatic rings. The van der Waals surface area contributed by atoms with Crippen molar-refractivity contribution in [2.24, 2.45) is 0 Å². The van der Waals surface area contributed by atoms with Crippen molar-refractivity contribution in [3.63, 3.8) is 0 Å². The van der Waals surface area contributed by atoms with E-state index in [9.17, 15) is 4.79 Å². The van der Waals surface area contributed by atoms with Crippen LogP contribution in [-0.4, -0.2) is 19.1 Å². The lowest BCUT2D eigenvalue weighted by Gasteiger charge is -2.22. The van der Waals surface area contributed by atoms with Crippen molar-refractivity contribution >= 4 is 39.9 Å². The molecule has 1 heterocycles. The zero-order chi connectivity index (χ0) is 17.3. The molecule has 25 heavy (non-hydrogen) atoms. The molecular formula is C18H20BrClN2O3. The molecule has 2 aromatic carbocycles. The van der Waals surface area contributed by atoms with E-state index in [0.717, 1.165) is 15.6 Å². The molecule has 3 N–H and O–H groups in total. The molecule has 1 unspecified atom stereocenters. The van der Waals surface area contributed by atoms with Gasteiger partial charge in [-0.1, -0.05) is 22.0 Å². The Morgan fingerprint density at radius 3 is 2.52 bits per heavy atom. The molecule has 0 radical (unpaired) electrons. The van der Waals surface area contributed by atoms with E-state index in [1.807, 2.05) is 32.0 Å². The number of aryl methyl sites for hydroxylation is 1. The molecule has 0 fully saturated rings. The van der Waals surface area contributed by atoms with E-state index >= 15 is 0 Å². The van der Waals surface area contributed by atoms with E-state index < -0.39 is 0 Å². The van der Waals surface area contributed by atoms with Crippen LogP contribution < -0.4 is 20.5 Å². The maximum Gasteiger partial charge on any atom is 0.252 e. The van der Waals surface area contributed by atoms with Gasteiger partial charge in [0.1, 0.15) is 13.2 Å². The number of nitrogens with one attached hydrogen (secondary N) is 1. The molecule has 1 atom stereocenters. The highest BCUT2D eigenvalue weighted by Gasteiger charge is 2.20. The molecule has 0 saturated heterocycles. The van der Waals surface area contributed by atoms with Crippen molar-refractivity contribution in [3.8, 4) is 11.5 Å². The summed E-state index contributed by atoms with van der Waals surface area (Å²) in [6.07, 6.45) is 0. The Labute approximate surface area is 161 Å². The van der Waals surface area contributed by atoms with Gasteiger partial charge in [0.25, 0.3) is 5.91 Å². The Kier molecular flexibility index (Phi) is 6.19. The lowest BCUT2D eigenvalue weighted by atomic mass is 10.0. The summed E-state index contributed by atoms with van der Waals surface area (Å²) >= 11 is 3.54. The van der Waals surface area contributed by atoms with Crippen LogP contribution in [0.15, 0.2) is 34.8 Å². The van der Waals surface area contributed by atoms with Crippen LogP contribution in [-0.2, 0) is 0 Å². The fourth-order valence-corrected chi connectivity index (χ4v) is 3.31. The molecule has 0 aromatic heterocycles. The van der Waals surface area contributed by atoms with Gasteiger partial charge in [0.15, 0.2) is 11.5 Å². The Morgan fingerprint density at radius 1 is 1.20 bits per heavy atom. The fourth-order valence-electron chi connectivity index (χ4n) is 2.65. The normalized spacial score (nSPS) is 13.6. The van der Waals surface area contributed by atoms with Crippen LogP contribution in [0, 0.1) is 6.92 Å². The first-order valence-electron chi connectivity index (χ1n) is 7.71. The van der Waals surface area contributed by atoms with Crippen LogP contribution >= 0.6 is 28.3 Å². The standard InChI is InChI=1S/C18H19BrN2O3.ClH/c1-10-3-4-12(20)7-13(10)18(22)21-11(2)14-8-16-17(9-15(14)19)24-6-5-23-16;/h3-4,7-9,11H,5-6,20H2,1-2H3,(H,21,22);1H. The third-order valence-corrected chi connectivity index (χ3v) is 4.67. The maximum absolute atomic E-state index is 12.6. The first-order chi connectivity index (χ1) is 11.5. The van der Waals surface area contributed by atoms with Gasteiger partial charge in [-0.05, 0) is 49.2 Å². The summed E-state index contributed by atoms with van der Waals surface area (Å²) in [6, 6.07) is 8.88. The topological polar surface area (TPSA) is 73.6 Å². The van der Waals surface area contributed by atoms with Crippen LogP contribution in [0.25, 0.3) is 0 Å². The van der Waals surface area contributed by atoms with E-state index in [1.165, 1.54) is 0 Å². The van der Waals surface area contributed by atoms with Crippen molar-refractivity contribution in [1.82, 2.24) is 5.32 Å². The van der Waals surface area contributed by atoms with E-state index in [1.54, 1.807) is 12.1 Å². The average molecular weight is 428 g/mol. The van der Waals surface area contributed by atoms with Crippen molar-refractivity contribution < 1.29 is 14.3 Å². The summed E-state index contributed by atoms with van der Waals surface area (Å²) in [5, 5.41) is 3.01. The Morgan fingerprint density at radius 2 is 1.84 bits per heavy atom. The number of anilines is 1. The number of nitrogen functional groups attached to an aromatic ring is 1. The zero-order valence-electron chi connectivity index (χ0n) is 14.0. The van der Waals surface area contributed by atoms with Gasteiger partial charge in [-0.3, -0.25) is 4.79 Å². The molecule has 3 rings (SSSR count). The summed E-state index contributed by atoms with van der Waals surface area (Å²) in [7, 11) is 0. The summed E-state index contributed by atoms with van der Waals surface area (Å²) in [5.74, 6) is 1.25. The van der Waals surface area contributed by atoms with Crippen molar-refractivity contribution in [2.45, 2.75) is 19.9 Å². The SMILES string of the molecule is Cc1ccc(N)cc1C(=O)NC(C)c1cc2c(cc1Br)OCCO2.Cl. The second-order valence-electron chi connectivity index (χ2n) is 5.79. The Balaban J connectivity index is 0.00000225. The fraction of sp³-hybridized carbons (Fsp3) is 0.278. The number of carbonyl (C=O) groups is 1.